The van der Waals surface area contributed by atoms with Crippen LogP contribution in [0.1, 0.15) is 46.7 Å². The zero-order chi connectivity index (χ0) is 31.9. The van der Waals surface area contributed by atoms with E-state index in [1.165, 1.54) is 25.2 Å². The Kier molecular flexibility index (Phi) is 8.27. The van der Waals surface area contributed by atoms with Gasteiger partial charge in [-0.15, -0.1) is 0 Å². The number of rotatable bonds is 7. The van der Waals surface area contributed by atoms with Gasteiger partial charge in [-0.25, -0.2) is 13.8 Å². The molecule has 0 bridgehead atoms. The largest absolute Gasteiger partial charge is 0.437 e. The van der Waals surface area contributed by atoms with Gasteiger partial charge in [0.25, 0.3) is 11.8 Å². The van der Waals surface area contributed by atoms with Crippen LogP contribution in [0.25, 0.3) is 33.6 Å². The molecular weight excluding hydrogens is 590 g/mol. The first-order valence-electron chi connectivity index (χ1n) is 12.6. The maximum atomic E-state index is 14.7. The number of carbonyl (C=O) groups excluding carboxylic acids is 2. The summed E-state index contributed by atoms with van der Waals surface area (Å²) in [5, 5.41) is 4.16. The Balaban J connectivity index is 1.93. The number of carbonyl (C=O) groups is 2. The molecule has 0 fully saturated rings. The predicted molar refractivity (Wildman–Crippen MR) is 140 cm³/mol. The first-order valence-corrected chi connectivity index (χ1v) is 12.6. The smallest absolute Gasteiger partial charge is 0.410 e. The molecule has 0 aliphatic heterocycles. The van der Waals surface area contributed by atoms with Gasteiger partial charge in [-0.2, -0.15) is 26.3 Å². The van der Waals surface area contributed by atoms with Crippen molar-refractivity contribution in [3.05, 3.63) is 77.0 Å². The molecule has 0 radical (unpaired) electrons. The molecule has 0 saturated carbocycles. The van der Waals surface area contributed by atoms with Crippen molar-refractivity contribution >= 4 is 22.9 Å². The highest BCUT2D eigenvalue weighted by molar-refractivity contribution is 6.11. The summed E-state index contributed by atoms with van der Waals surface area (Å²) in [6.07, 6.45) is -11.5. The average molecular weight is 614 g/mol. The molecule has 2 amide bonds. The number of amides is 2. The molecule has 0 aliphatic rings. The van der Waals surface area contributed by atoms with Crippen molar-refractivity contribution in [3.63, 3.8) is 0 Å². The molecule has 2 aromatic carbocycles. The van der Waals surface area contributed by atoms with Gasteiger partial charge in [-0.05, 0) is 68.3 Å². The summed E-state index contributed by atoms with van der Waals surface area (Å²) in [6, 6.07) is 8.89. The lowest BCUT2D eigenvalue weighted by Crippen LogP contribution is -2.54. The fourth-order valence-corrected chi connectivity index (χ4v) is 4.20. The fraction of sp³-hybridized carbons (Fsp3) is 0.276. The van der Waals surface area contributed by atoms with Crippen molar-refractivity contribution in [2.45, 2.75) is 44.6 Å². The van der Waals surface area contributed by atoms with E-state index in [4.69, 9.17) is 4.42 Å². The maximum Gasteiger partial charge on any atom is 0.410 e. The third kappa shape index (κ3) is 6.62. The first-order chi connectivity index (χ1) is 19.9. The highest BCUT2D eigenvalue weighted by Gasteiger charge is 2.48. The normalized spacial score (nSPS) is 12.4. The number of aromatic nitrogens is 1. The van der Waals surface area contributed by atoms with Crippen molar-refractivity contribution in [2.24, 2.45) is 0 Å². The van der Waals surface area contributed by atoms with E-state index >= 15 is 0 Å². The fourth-order valence-electron chi connectivity index (χ4n) is 4.20. The number of pyridine rings is 1. The van der Waals surface area contributed by atoms with E-state index < -0.39 is 59.7 Å². The number of benzene rings is 2. The van der Waals surface area contributed by atoms with Crippen molar-refractivity contribution in [1.29, 1.82) is 0 Å². The summed E-state index contributed by atoms with van der Waals surface area (Å²) < 4.78 is 114. The number of furan rings is 1. The Morgan fingerprint density at radius 2 is 1.51 bits per heavy atom. The van der Waals surface area contributed by atoms with Gasteiger partial charge in [0, 0.05) is 24.6 Å². The summed E-state index contributed by atoms with van der Waals surface area (Å²) in [4.78, 5) is 29.9. The number of aryl methyl sites for hydroxylation is 1. The maximum absolute atomic E-state index is 14.7. The van der Waals surface area contributed by atoms with E-state index in [9.17, 15) is 44.7 Å². The Morgan fingerprint density at radius 1 is 0.884 bits per heavy atom. The molecular formula is C29H23F8N3O3. The van der Waals surface area contributed by atoms with Crippen LogP contribution in [0.3, 0.4) is 0 Å². The number of nitrogens with zero attached hydrogens (tertiary/aromatic N) is 1. The van der Waals surface area contributed by atoms with E-state index in [1.54, 1.807) is 5.32 Å². The third-order valence-electron chi connectivity index (χ3n) is 6.62. The van der Waals surface area contributed by atoms with Crippen LogP contribution < -0.4 is 10.6 Å². The Morgan fingerprint density at radius 3 is 2.09 bits per heavy atom. The quantitative estimate of drug-likeness (QED) is 0.213. The summed E-state index contributed by atoms with van der Waals surface area (Å²) in [6.45, 7) is 1.36. The molecule has 0 saturated heterocycles. The van der Waals surface area contributed by atoms with Crippen LogP contribution in [0.5, 0.6) is 0 Å². The predicted octanol–water partition coefficient (Wildman–Crippen LogP) is 7.37. The van der Waals surface area contributed by atoms with Crippen LogP contribution in [0.2, 0.25) is 0 Å². The van der Waals surface area contributed by atoms with Gasteiger partial charge in [-0.3, -0.25) is 9.59 Å². The van der Waals surface area contributed by atoms with Crippen LogP contribution in [0.15, 0.2) is 52.9 Å². The zero-order valence-electron chi connectivity index (χ0n) is 22.7. The number of nitrogens with one attached hydrogen (secondary N) is 2. The van der Waals surface area contributed by atoms with Gasteiger partial charge in [0.2, 0.25) is 5.71 Å². The molecule has 0 atom stereocenters. The van der Waals surface area contributed by atoms with Crippen LogP contribution in [0, 0.1) is 11.6 Å². The van der Waals surface area contributed by atoms with E-state index in [1.807, 2.05) is 0 Å². The van der Waals surface area contributed by atoms with E-state index in [0.29, 0.717) is 13.8 Å². The SMILES string of the molecule is CNC(=O)c1c(-c2ccc(F)cc2)oc2nc(CCC(F)(F)F)c(-c3ccc(F)c(C(=O)NC(C)(C)C(F)(F)F)c3)cc12. The number of hydrogen-bond acceptors (Lipinski definition) is 4. The van der Waals surface area contributed by atoms with E-state index in [-0.39, 0.29) is 44.8 Å². The summed E-state index contributed by atoms with van der Waals surface area (Å²) in [5.74, 6) is -3.92. The molecule has 4 aromatic rings. The van der Waals surface area contributed by atoms with Crippen molar-refractivity contribution in [1.82, 2.24) is 15.6 Å². The standard InChI is InChI=1S/C29H23F8N3O3/c1-27(2,29(35,36)37)40-24(41)18-12-15(6-9-20(18)31)17-13-19-22(25(42)38-3)23(14-4-7-16(30)8-5-14)43-26(19)39-21(17)10-11-28(32,33)34/h4-9,12-13H,10-11H2,1-3H3,(H,38,42)(H,40,41). The lowest BCUT2D eigenvalue weighted by atomic mass is 9.96. The Bertz CT molecular complexity index is 1690. The summed E-state index contributed by atoms with van der Waals surface area (Å²) in [5.41, 5.74) is -3.93. The second-order valence-corrected chi connectivity index (χ2v) is 10.1. The highest BCUT2D eigenvalue weighted by atomic mass is 19.4. The number of halogens is 8. The van der Waals surface area contributed by atoms with Gasteiger partial charge < -0.3 is 15.1 Å². The van der Waals surface area contributed by atoms with Crippen LogP contribution in [-0.2, 0) is 6.42 Å². The number of fused-ring (bicyclic) bond motifs is 1. The molecule has 228 valence electrons. The van der Waals surface area contributed by atoms with Gasteiger partial charge >= 0.3 is 12.4 Å². The molecule has 4 rings (SSSR count). The molecule has 0 aliphatic carbocycles. The van der Waals surface area contributed by atoms with Crippen LogP contribution >= 0.6 is 0 Å². The van der Waals surface area contributed by atoms with E-state index in [2.05, 4.69) is 10.3 Å². The zero-order valence-corrected chi connectivity index (χ0v) is 22.7. The minimum Gasteiger partial charge on any atom is -0.437 e. The topological polar surface area (TPSA) is 84.2 Å². The molecule has 6 nitrogen and oxygen atoms in total. The van der Waals surface area contributed by atoms with Crippen LogP contribution in [-0.4, -0.2) is 41.7 Å². The molecule has 2 N–H and O–H groups in total. The molecule has 2 heterocycles. The van der Waals surface area contributed by atoms with Gasteiger partial charge in [0.15, 0.2) is 0 Å². The lowest BCUT2D eigenvalue weighted by molar-refractivity contribution is -0.182. The molecule has 0 spiro atoms. The monoisotopic (exact) mass is 613 g/mol. The summed E-state index contributed by atoms with van der Waals surface area (Å²) >= 11 is 0. The van der Waals surface area contributed by atoms with Gasteiger partial charge in [0.1, 0.15) is 22.9 Å². The third-order valence-corrected chi connectivity index (χ3v) is 6.62. The first kappa shape index (κ1) is 31.4. The van der Waals surface area contributed by atoms with E-state index in [0.717, 1.165) is 30.3 Å². The van der Waals surface area contributed by atoms with Crippen LogP contribution in [0.4, 0.5) is 35.1 Å². The number of alkyl halides is 6. The van der Waals surface area contributed by atoms with Crippen molar-refractivity contribution < 1.29 is 49.1 Å². The molecule has 14 heteroatoms. The Hall–Kier alpha value is -4.49. The minimum atomic E-state index is -4.88. The molecule has 2 aromatic heterocycles. The minimum absolute atomic E-state index is 0.0259. The second kappa shape index (κ2) is 11.3. The Labute approximate surface area is 239 Å². The number of hydrogen-bond donors (Lipinski definition) is 2. The summed E-state index contributed by atoms with van der Waals surface area (Å²) in [7, 11) is 1.31. The average Bonchev–Trinajstić information content (AvgIpc) is 3.28. The van der Waals surface area contributed by atoms with Gasteiger partial charge in [-0.1, -0.05) is 6.07 Å². The lowest BCUT2D eigenvalue weighted by Gasteiger charge is -2.29. The van der Waals surface area contributed by atoms with Gasteiger partial charge in [0.05, 0.1) is 22.2 Å². The molecule has 43 heavy (non-hydrogen) atoms. The van der Waals surface area contributed by atoms with Crippen molar-refractivity contribution in [2.75, 3.05) is 7.05 Å². The second-order valence-electron chi connectivity index (χ2n) is 10.1. The molecule has 0 unspecified atom stereocenters. The highest BCUT2D eigenvalue weighted by Crippen LogP contribution is 2.38. The van der Waals surface area contributed by atoms with Crippen molar-refractivity contribution in [3.8, 4) is 22.5 Å².